The van der Waals surface area contributed by atoms with Crippen LogP contribution in [0.2, 0.25) is 0 Å². The smallest absolute Gasteiger partial charge is 0.315 e. The molecule has 0 fully saturated rings. The average molecular weight is 207 g/mol. The van der Waals surface area contributed by atoms with Crippen LogP contribution in [0.1, 0.15) is 6.92 Å². The molecule has 5 heteroatoms. The van der Waals surface area contributed by atoms with Gasteiger partial charge in [0.05, 0.1) is 4.92 Å². The van der Waals surface area contributed by atoms with E-state index in [1.54, 1.807) is 19.1 Å². The van der Waals surface area contributed by atoms with Gasteiger partial charge >= 0.3 is 5.69 Å². The molecule has 0 spiro atoms. The number of rotatable bonds is 1. The zero-order chi connectivity index (χ0) is 11.0. The number of para-hydroxylation sites is 1. The predicted octanol–water partition coefficient (Wildman–Crippen LogP) is 2.27. The van der Waals surface area contributed by atoms with Gasteiger partial charge in [0.25, 0.3) is 0 Å². The minimum atomic E-state index is -0.508. The summed E-state index contributed by atoms with van der Waals surface area (Å²) in [6, 6.07) is 4.55. The van der Waals surface area contributed by atoms with Gasteiger partial charge in [0.1, 0.15) is 5.76 Å². The fraction of sp³-hybridized carbons (Fsp3) is 0.200. The number of nitrogens with zero attached hydrogens (tertiary/aromatic N) is 1. The SMILES string of the molecule is C=C1Oc2c(cccc2[N+](=O)[O-])OC1C. The summed E-state index contributed by atoms with van der Waals surface area (Å²) in [7, 11) is 0. The third-order valence-corrected chi connectivity index (χ3v) is 2.15. The van der Waals surface area contributed by atoms with Crippen molar-refractivity contribution in [3.8, 4) is 11.5 Å². The van der Waals surface area contributed by atoms with Crippen LogP contribution < -0.4 is 9.47 Å². The van der Waals surface area contributed by atoms with Gasteiger partial charge in [-0.3, -0.25) is 10.1 Å². The highest BCUT2D eigenvalue weighted by molar-refractivity contribution is 5.57. The molecule has 1 aromatic rings. The molecule has 0 bridgehead atoms. The first-order chi connectivity index (χ1) is 7.09. The number of fused-ring (bicyclic) bond motifs is 1. The number of hydrogen-bond acceptors (Lipinski definition) is 4. The van der Waals surface area contributed by atoms with Crippen molar-refractivity contribution >= 4 is 5.69 Å². The molecule has 0 N–H and O–H groups in total. The summed E-state index contributed by atoms with van der Waals surface area (Å²) in [5.74, 6) is 0.881. The fourth-order valence-electron chi connectivity index (χ4n) is 1.31. The molecule has 1 aliphatic rings. The van der Waals surface area contributed by atoms with Crippen LogP contribution in [0.4, 0.5) is 5.69 Å². The first-order valence-electron chi connectivity index (χ1n) is 4.40. The van der Waals surface area contributed by atoms with Crippen LogP contribution in [0.25, 0.3) is 0 Å². The first-order valence-corrected chi connectivity index (χ1v) is 4.40. The third kappa shape index (κ3) is 1.52. The Morgan fingerprint density at radius 3 is 2.93 bits per heavy atom. The van der Waals surface area contributed by atoms with E-state index in [9.17, 15) is 10.1 Å². The molecule has 1 aromatic carbocycles. The number of hydrogen-bond donors (Lipinski definition) is 0. The Morgan fingerprint density at radius 1 is 1.53 bits per heavy atom. The molecule has 2 rings (SSSR count). The second kappa shape index (κ2) is 3.27. The Hall–Kier alpha value is -2.04. The number of nitro benzene ring substituents is 1. The normalized spacial score (nSPS) is 18.7. The van der Waals surface area contributed by atoms with Crippen molar-refractivity contribution in [2.24, 2.45) is 0 Å². The molecule has 5 nitrogen and oxygen atoms in total. The molecule has 1 atom stereocenters. The summed E-state index contributed by atoms with van der Waals surface area (Å²) in [4.78, 5) is 10.2. The van der Waals surface area contributed by atoms with Gasteiger partial charge in [0.15, 0.2) is 11.9 Å². The van der Waals surface area contributed by atoms with E-state index >= 15 is 0 Å². The Balaban J connectivity index is 2.52. The highest BCUT2D eigenvalue weighted by Gasteiger charge is 2.28. The minimum absolute atomic E-state index is 0.111. The van der Waals surface area contributed by atoms with E-state index in [-0.39, 0.29) is 17.5 Å². The summed E-state index contributed by atoms with van der Waals surface area (Å²) in [6.45, 7) is 5.39. The Bertz CT molecular complexity index is 441. The van der Waals surface area contributed by atoms with E-state index in [0.717, 1.165) is 0 Å². The molecular formula is C10H9NO4. The summed E-state index contributed by atoms with van der Waals surface area (Å²) in [5.41, 5.74) is -0.111. The van der Waals surface area contributed by atoms with Crippen molar-refractivity contribution in [1.29, 1.82) is 0 Å². The van der Waals surface area contributed by atoms with Crippen molar-refractivity contribution in [3.63, 3.8) is 0 Å². The summed E-state index contributed by atoms with van der Waals surface area (Å²) in [5, 5.41) is 10.7. The van der Waals surface area contributed by atoms with Gasteiger partial charge in [-0.25, -0.2) is 0 Å². The van der Waals surface area contributed by atoms with Crippen LogP contribution in [0.15, 0.2) is 30.5 Å². The van der Waals surface area contributed by atoms with Crippen molar-refractivity contribution in [2.45, 2.75) is 13.0 Å². The summed E-state index contributed by atoms with van der Waals surface area (Å²) < 4.78 is 10.7. The number of ether oxygens (including phenoxy) is 2. The van der Waals surface area contributed by atoms with E-state index in [0.29, 0.717) is 11.5 Å². The van der Waals surface area contributed by atoms with Gasteiger partial charge in [-0.05, 0) is 13.0 Å². The van der Waals surface area contributed by atoms with E-state index in [1.807, 2.05) is 0 Å². The van der Waals surface area contributed by atoms with E-state index in [2.05, 4.69) is 6.58 Å². The quantitative estimate of drug-likeness (QED) is 0.523. The summed E-state index contributed by atoms with van der Waals surface area (Å²) in [6.07, 6.45) is -0.292. The van der Waals surface area contributed by atoms with Gasteiger partial charge in [-0.1, -0.05) is 12.6 Å². The maximum Gasteiger partial charge on any atom is 0.315 e. The van der Waals surface area contributed by atoms with E-state index in [4.69, 9.17) is 9.47 Å². The Labute approximate surface area is 86.1 Å². The predicted molar refractivity (Wildman–Crippen MR) is 53.0 cm³/mol. The zero-order valence-corrected chi connectivity index (χ0v) is 8.10. The fourth-order valence-corrected chi connectivity index (χ4v) is 1.31. The van der Waals surface area contributed by atoms with E-state index < -0.39 is 4.92 Å². The standard InChI is InChI=1S/C10H9NO4/c1-6-7(2)15-10-8(11(12)13)4-3-5-9(10)14-6/h3-6H,2H2,1H3. The topological polar surface area (TPSA) is 61.6 Å². The molecule has 0 saturated heterocycles. The van der Waals surface area contributed by atoms with Crippen LogP contribution in [0, 0.1) is 10.1 Å². The maximum absolute atomic E-state index is 10.7. The summed E-state index contributed by atoms with van der Waals surface area (Å²) >= 11 is 0. The van der Waals surface area contributed by atoms with E-state index in [1.165, 1.54) is 6.07 Å². The maximum atomic E-state index is 10.7. The molecule has 0 radical (unpaired) electrons. The number of nitro groups is 1. The second-order valence-electron chi connectivity index (χ2n) is 3.19. The Kier molecular flexibility index (Phi) is 2.07. The largest absolute Gasteiger partial charge is 0.479 e. The van der Waals surface area contributed by atoms with Gasteiger partial charge in [-0.2, -0.15) is 0 Å². The minimum Gasteiger partial charge on any atom is -0.479 e. The average Bonchev–Trinajstić information content (AvgIpc) is 2.18. The zero-order valence-electron chi connectivity index (χ0n) is 8.10. The lowest BCUT2D eigenvalue weighted by molar-refractivity contribution is -0.386. The first kappa shape index (κ1) is 9.51. The molecule has 0 aromatic heterocycles. The van der Waals surface area contributed by atoms with Gasteiger partial charge in [0, 0.05) is 6.07 Å². The lowest BCUT2D eigenvalue weighted by atomic mass is 10.2. The highest BCUT2D eigenvalue weighted by atomic mass is 16.6. The lowest BCUT2D eigenvalue weighted by Gasteiger charge is -2.24. The highest BCUT2D eigenvalue weighted by Crippen LogP contribution is 2.41. The molecule has 0 aliphatic carbocycles. The molecule has 15 heavy (non-hydrogen) atoms. The van der Waals surface area contributed by atoms with Crippen LogP contribution in [-0.4, -0.2) is 11.0 Å². The van der Waals surface area contributed by atoms with Crippen LogP contribution in [0.5, 0.6) is 11.5 Å². The molecule has 0 amide bonds. The molecule has 78 valence electrons. The molecule has 0 saturated carbocycles. The third-order valence-electron chi connectivity index (χ3n) is 2.15. The molecule has 1 heterocycles. The number of benzene rings is 1. The monoisotopic (exact) mass is 207 g/mol. The van der Waals surface area contributed by atoms with Crippen LogP contribution in [0.3, 0.4) is 0 Å². The van der Waals surface area contributed by atoms with Crippen LogP contribution in [-0.2, 0) is 0 Å². The Morgan fingerprint density at radius 2 is 2.27 bits per heavy atom. The molecule has 1 aliphatic heterocycles. The van der Waals surface area contributed by atoms with Gasteiger partial charge < -0.3 is 9.47 Å². The molecular weight excluding hydrogens is 198 g/mol. The molecule has 1 unspecified atom stereocenters. The van der Waals surface area contributed by atoms with Gasteiger partial charge in [0.2, 0.25) is 5.75 Å². The van der Waals surface area contributed by atoms with Crippen molar-refractivity contribution in [3.05, 3.63) is 40.7 Å². The van der Waals surface area contributed by atoms with Crippen molar-refractivity contribution < 1.29 is 14.4 Å². The van der Waals surface area contributed by atoms with Gasteiger partial charge in [-0.15, -0.1) is 0 Å². The lowest BCUT2D eigenvalue weighted by Crippen LogP contribution is -2.23. The van der Waals surface area contributed by atoms with Crippen LogP contribution >= 0.6 is 0 Å². The van der Waals surface area contributed by atoms with Crippen molar-refractivity contribution in [2.75, 3.05) is 0 Å². The van der Waals surface area contributed by atoms with Crippen molar-refractivity contribution in [1.82, 2.24) is 0 Å². The second-order valence-corrected chi connectivity index (χ2v) is 3.19.